The number of aliphatic hydroxyl groups excluding tert-OH is 2. The first kappa shape index (κ1) is 55.3. The summed E-state index contributed by atoms with van der Waals surface area (Å²) in [5.41, 5.74) is 0. The normalized spacial score (nSPS) is 12.8. The zero-order valence-corrected chi connectivity index (χ0v) is 38.1. The monoisotopic (exact) mass is 804 g/mol. The molecule has 2 unspecified atom stereocenters. The zero-order chi connectivity index (χ0) is 41.5. The summed E-state index contributed by atoms with van der Waals surface area (Å²) in [6.07, 6.45) is 54.4. The van der Waals surface area contributed by atoms with Gasteiger partial charge in [0.1, 0.15) is 0 Å². The van der Waals surface area contributed by atoms with Crippen LogP contribution < -0.4 is 5.32 Å². The van der Waals surface area contributed by atoms with Crippen LogP contribution in [0.15, 0.2) is 24.3 Å². The largest absolute Gasteiger partial charge is 0.466 e. The van der Waals surface area contributed by atoms with Crippen LogP contribution in [-0.2, 0) is 14.3 Å². The predicted molar refractivity (Wildman–Crippen MR) is 246 cm³/mol. The third kappa shape index (κ3) is 43.7. The van der Waals surface area contributed by atoms with E-state index in [1.54, 1.807) is 0 Å². The third-order valence-electron chi connectivity index (χ3n) is 11.5. The van der Waals surface area contributed by atoms with Crippen LogP contribution in [0.25, 0.3) is 0 Å². The molecule has 0 aromatic rings. The Bertz CT molecular complexity index is 889. The number of ether oxygens (including phenoxy) is 1. The van der Waals surface area contributed by atoms with Gasteiger partial charge in [0.05, 0.1) is 25.4 Å². The van der Waals surface area contributed by atoms with Gasteiger partial charge in [-0.05, 0) is 70.6 Å². The molecule has 0 fully saturated rings. The molecule has 6 nitrogen and oxygen atoms in total. The average Bonchev–Trinajstić information content (AvgIpc) is 3.21. The van der Waals surface area contributed by atoms with E-state index in [-0.39, 0.29) is 18.5 Å². The Hall–Kier alpha value is -1.66. The molecular formula is C51H97NO5. The third-order valence-corrected chi connectivity index (χ3v) is 11.5. The van der Waals surface area contributed by atoms with Crippen molar-refractivity contribution in [2.75, 3.05) is 13.2 Å². The van der Waals surface area contributed by atoms with E-state index in [0.717, 1.165) is 70.6 Å². The van der Waals surface area contributed by atoms with Crippen molar-refractivity contribution in [1.82, 2.24) is 5.32 Å². The van der Waals surface area contributed by atoms with E-state index in [4.69, 9.17) is 4.74 Å². The van der Waals surface area contributed by atoms with Crippen molar-refractivity contribution in [2.24, 2.45) is 0 Å². The van der Waals surface area contributed by atoms with Gasteiger partial charge in [-0.3, -0.25) is 9.59 Å². The Labute approximate surface area is 354 Å². The molecule has 1 amide bonds. The number of carbonyl (C=O) groups is 2. The van der Waals surface area contributed by atoms with E-state index in [2.05, 4.69) is 43.5 Å². The van der Waals surface area contributed by atoms with Crippen molar-refractivity contribution in [2.45, 2.75) is 276 Å². The molecule has 0 aliphatic rings. The van der Waals surface area contributed by atoms with E-state index in [1.807, 2.05) is 0 Å². The van der Waals surface area contributed by atoms with E-state index in [0.29, 0.717) is 25.9 Å². The quantitative estimate of drug-likeness (QED) is 0.0324. The summed E-state index contributed by atoms with van der Waals surface area (Å²) in [6.45, 7) is 4.84. The molecule has 0 saturated heterocycles. The molecule has 0 bridgehead atoms. The standard InChI is InChI=1S/C51H97NO5/c1-3-5-7-9-11-13-15-17-18-19-20-21-22-23-24-27-31-35-39-43-49(54)48(47-53)52-50(55)44-40-36-32-28-26-30-34-38-42-46-57-51(56)45-41-37-33-29-25-16-14-12-10-8-6-4-2/h12,14,28,32,48-49,53-54H,3-11,13,15-27,29-31,33-47H2,1-2H3,(H,52,55)/b14-12-,32-28-. The molecule has 6 heteroatoms. The first-order valence-electron chi connectivity index (χ1n) is 25.1. The van der Waals surface area contributed by atoms with Gasteiger partial charge in [0, 0.05) is 12.8 Å². The van der Waals surface area contributed by atoms with Gasteiger partial charge in [0.25, 0.3) is 0 Å². The number of allylic oxidation sites excluding steroid dienone is 4. The van der Waals surface area contributed by atoms with Crippen molar-refractivity contribution in [3.63, 3.8) is 0 Å². The summed E-state index contributed by atoms with van der Waals surface area (Å²) < 4.78 is 5.42. The number of nitrogens with one attached hydrogen (secondary N) is 1. The number of esters is 1. The molecule has 0 rings (SSSR count). The van der Waals surface area contributed by atoms with Crippen LogP contribution in [-0.4, -0.2) is 47.4 Å². The zero-order valence-electron chi connectivity index (χ0n) is 38.1. The molecule has 336 valence electrons. The number of amides is 1. The predicted octanol–water partition coefficient (Wildman–Crippen LogP) is 14.7. The maximum atomic E-state index is 12.4. The van der Waals surface area contributed by atoms with Gasteiger partial charge in [0.15, 0.2) is 0 Å². The first-order valence-corrected chi connectivity index (χ1v) is 25.1. The van der Waals surface area contributed by atoms with Gasteiger partial charge in [-0.2, -0.15) is 0 Å². The Morgan fingerprint density at radius 1 is 0.474 bits per heavy atom. The summed E-state index contributed by atoms with van der Waals surface area (Å²) in [4.78, 5) is 24.4. The van der Waals surface area contributed by atoms with E-state index < -0.39 is 12.1 Å². The summed E-state index contributed by atoms with van der Waals surface area (Å²) >= 11 is 0. The van der Waals surface area contributed by atoms with Gasteiger partial charge >= 0.3 is 5.97 Å². The van der Waals surface area contributed by atoms with Crippen molar-refractivity contribution < 1.29 is 24.5 Å². The molecule has 0 saturated carbocycles. The highest BCUT2D eigenvalue weighted by molar-refractivity contribution is 5.76. The Morgan fingerprint density at radius 3 is 1.32 bits per heavy atom. The van der Waals surface area contributed by atoms with Crippen LogP contribution in [0.3, 0.4) is 0 Å². The summed E-state index contributed by atoms with van der Waals surface area (Å²) in [7, 11) is 0. The average molecular weight is 804 g/mol. The number of aliphatic hydroxyl groups is 2. The number of rotatable bonds is 46. The van der Waals surface area contributed by atoms with Crippen LogP contribution in [0.5, 0.6) is 0 Å². The smallest absolute Gasteiger partial charge is 0.305 e. The fraction of sp³-hybridized carbons (Fsp3) is 0.882. The molecule has 0 spiro atoms. The van der Waals surface area contributed by atoms with E-state index >= 15 is 0 Å². The van der Waals surface area contributed by atoms with Crippen molar-refractivity contribution in [1.29, 1.82) is 0 Å². The molecule has 0 aliphatic carbocycles. The van der Waals surface area contributed by atoms with Gasteiger partial charge in [-0.1, -0.05) is 205 Å². The number of carbonyl (C=O) groups excluding carboxylic acids is 2. The Morgan fingerprint density at radius 2 is 0.842 bits per heavy atom. The Kier molecular flexibility index (Phi) is 45.7. The van der Waals surface area contributed by atoms with E-state index in [1.165, 1.54) is 161 Å². The van der Waals surface area contributed by atoms with Gasteiger partial charge in [-0.25, -0.2) is 0 Å². The van der Waals surface area contributed by atoms with Gasteiger partial charge < -0.3 is 20.3 Å². The molecule has 0 heterocycles. The summed E-state index contributed by atoms with van der Waals surface area (Å²) in [5, 5.41) is 23.2. The molecule has 0 aromatic carbocycles. The number of hydrogen-bond donors (Lipinski definition) is 3. The molecule has 3 N–H and O–H groups in total. The highest BCUT2D eigenvalue weighted by Crippen LogP contribution is 2.16. The summed E-state index contributed by atoms with van der Waals surface area (Å²) in [6, 6.07) is -0.579. The molecule has 0 aliphatic heterocycles. The minimum absolute atomic E-state index is 0.0456. The SMILES string of the molecule is CCCCC/C=C\CCCCCCCC(=O)OCCCCCC/C=C\CCCC(=O)NC(CO)C(O)CCCCCCCCCCCCCCCCCCCCC. The minimum Gasteiger partial charge on any atom is -0.466 e. The second-order valence-corrected chi connectivity index (χ2v) is 17.1. The lowest BCUT2D eigenvalue weighted by atomic mass is 10.0. The van der Waals surface area contributed by atoms with Crippen LogP contribution in [0.1, 0.15) is 264 Å². The lowest BCUT2D eigenvalue weighted by Crippen LogP contribution is -2.45. The first-order chi connectivity index (χ1) is 28.0. The highest BCUT2D eigenvalue weighted by atomic mass is 16.5. The number of unbranched alkanes of at least 4 members (excludes halogenated alkanes) is 31. The van der Waals surface area contributed by atoms with Gasteiger partial charge in [-0.15, -0.1) is 0 Å². The molecule has 0 aromatic heterocycles. The topological polar surface area (TPSA) is 95.9 Å². The highest BCUT2D eigenvalue weighted by Gasteiger charge is 2.20. The van der Waals surface area contributed by atoms with Crippen molar-refractivity contribution >= 4 is 11.9 Å². The maximum Gasteiger partial charge on any atom is 0.305 e. The van der Waals surface area contributed by atoms with Crippen molar-refractivity contribution in [3.8, 4) is 0 Å². The van der Waals surface area contributed by atoms with E-state index in [9.17, 15) is 19.8 Å². The van der Waals surface area contributed by atoms with Crippen LogP contribution in [0.4, 0.5) is 0 Å². The van der Waals surface area contributed by atoms with Crippen LogP contribution in [0, 0.1) is 0 Å². The van der Waals surface area contributed by atoms with Gasteiger partial charge in [0.2, 0.25) is 5.91 Å². The number of hydrogen-bond acceptors (Lipinski definition) is 5. The lowest BCUT2D eigenvalue weighted by Gasteiger charge is -2.22. The van der Waals surface area contributed by atoms with Crippen molar-refractivity contribution in [3.05, 3.63) is 24.3 Å². The Balaban J connectivity index is 3.55. The second kappa shape index (κ2) is 47.0. The van der Waals surface area contributed by atoms with Crippen LogP contribution in [0.2, 0.25) is 0 Å². The minimum atomic E-state index is -0.695. The molecular weight excluding hydrogens is 707 g/mol. The lowest BCUT2D eigenvalue weighted by molar-refractivity contribution is -0.143. The second-order valence-electron chi connectivity index (χ2n) is 17.1. The molecule has 57 heavy (non-hydrogen) atoms. The fourth-order valence-corrected chi connectivity index (χ4v) is 7.58. The molecule has 2 atom stereocenters. The van der Waals surface area contributed by atoms with Crippen LogP contribution >= 0.6 is 0 Å². The maximum absolute atomic E-state index is 12.4. The molecule has 0 radical (unpaired) electrons. The summed E-state index contributed by atoms with van der Waals surface area (Å²) in [5.74, 6) is -0.141. The fourth-order valence-electron chi connectivity index (χ4n) is 7.58.